The highest BCUT2D eigenvalue weighted by atomic mass is 16.3. The quantitative estimate of drug-likeness (QED) is 0.849. The lowest BCUT2D eigenvalue weighted by Gasteiger charge is -2.38. The van der Waals surface area contributed by atoms with Gasteiger partial charge in [0.05, 0.1) is 6.61 Å². The lowest BCUT2D eigenvalue weighted by Crippen LogP contribution is -2.45. The summed E-state index contributed by atoms with van der Waals surface area (Å²) in [7, 11) is 0. The average molecular weight is 262 g/mol. The molecule has 1 heterocycles. The van der Waals surface area contributed by atoms with Crippen molar-refractivity contribution >= 4 is 0 Å². The van der Waals surface area contributed by atoms with Gasteiger partial charge in [-0.2, -0.15) is 0 Å². The van der Waals surface area contributed by atoms with E-state index in [0.29, 0.717) is 6.04 Å². The summed E-state index contributed by atoms with van der Waals surface area (Å²) in [6, 6.07) is 11.4. The van der Waals surface area contributed by atoms with Gasteiger partial charge in [0.15, 0.2) is 0 Å². The van der Waals surface area contributed by atoms with E-state index in [9.17, 15) is 0 Å². The van der Waals surface area contributed by atoms with Crippen molar-refractivity contribution in [3.63, 3.8) is 0 Å². The summed E-state index contributed by atoms with van der Waals surface area (Å²) < 4.78 is 0. The Kier molecular flexibility index (Phi) is 5.83. The van der Waals surface area contributed by atoms with Gasteiger partial charge in [0.25, 0.3) is 0 Å². The monoisotopic (exact) mass is 262 g/mol. The molecule has 0 saturated carbocycles. The van der Waals surface area contributed by atoms with Crippen LogP contribution in [0.1, 0.15) is 25.3 Å². The van der Waals surface area contributed by atoms with E-state index in [2.05, 4.69) is 47.1 Å². The molecule has 0 aliphatic carbocycles. The van der Waals surface area contributed by atoms with Gasteiger partial charge in [-0.15, -0.1) is 0 Å². The fourth-order valence-electron chi connectivity index (χ4n) is 3.01. The van der Waals surface area contributed by atoms with Crippen LogP contribution in [0.5, 0.6) is 0 Å². The maximum absolute atomic E-state index is 9.09. The molecular formula is C16H26N2O. The highest BCUT2D eigenvalue weighted by Gasteiger charge is 2.23. The van der Waals surface area contributed by atoms with Crippen molar-refractivity contribution in [1.82, 2.24) is 9.80 Å². The second-order valence-electron chi connectivity index (χ2n) is 5.35. The second kappa shape index (κ2) is 7.63. The lowest BCUT2D eigenvalue weighted by atomic mass is 10.0. The van der Waals surface area contributed by atoms with E-state index in [-0.39, 0.29) is 6.61 Å². The maximum Gasteiger partial charge on any atom is 0.0558 e. The number of piperidine rings is 1. The van der Waals surface area contributed by atoms with Gasteiger partial charge in [0.2, 0.25) is 0 Å². The van der Waals surface area contributed by atoms with Gasteiger partial charge in [-0.05, 0) is 38.0 Å². The molecule has 0 radical (unpaired) electrons. The van der Waals surface area contributed by atoms with Crippen LogP contribution in [-0.4, -0.2) is 53.7 Å². The summed E-state index contributed by atoms with van der Waals surface area (Å²) in [5, 5.41) is 9.09. The largest absolute Gasteiger partial charge is 0.395 e. The molecule has 3 nitrogen and oxygen atoms in total. The number of benzene rings is 1. The Morgan fingerprint density at radius 1 is 1.21 bits per heavy atom. The maximum atomic E-state index is 9.09. The third kappa shape index (κ3) is 4.30. The number of hydrogen-bond donors (Lipinski definition) is 1. The molecule has 1 N–H and O–H groups in total. The third-order valence-corrected chi connectivity index (χ3v) is 4.12. The summed E-state index contributed by atoms with van der Waals surface area (Å²) in [5.74, 6) is 0. The molecule has 1 aliphatic heterocycles. The van der Waals surface area contributed by atoms with Gasteiger partial charge < -0.3 is 5.11 Å². The molecule has 19 heavy (non-hydrogen) atoms. The molecule has 0 bridgehead atoms. The van der Waals surface area contributed by atoms with E-state index in [1.165, 1.54) is 31.5 Å². The van der Waals surface area contributed by atoms with Gasteiger partial charge in [0.1, 0.15) is 0 Å². The molecule has 1 aliphatic rings. The zero-order valence-electron chi connectivity index (χ0n) is 12.0. The van der Waals surface area contributed by atoms with Crippen molar-refractivity contribution in [2.75, 3.05) is 32.8 Å². The minimum Gasteiger partial charge on any atom is -0.395 e. The molecule has 0 unspecified atom stereocenters. The fourth-order valence-corrected chi connectivity index (χ4v) is 3.01. The Labute approximate surface area is 116 Å². The van der Waals surface area contributed by atoms with E-state index < -0.39 is 0 Å². The number of aliphatic hydroxyl groups excluding tert-OH is 1. The first-order valence-corrected chi connectivity index (χ1v) is 7.44. The van der Waals surface area contributed by atoms with Crippen LogP contribution < -0.4 is 0 Å². The summed E-state index contributed by atoms with van der Waals surface area (Å²) in [5.41, 5.74) is 1.41. The third-order valence-electron chi connectivity index (χ3n) is 4.12. The Morgan fingerprint density at radius 2 is 1.89 bits per heavy atom. The summed E-state index contributed by atoms with van der Waals surface area (Å²) in [6.45, 7) is 7.73. The highest BCUT2D eigenvalue weighted by molar-refractivity contribution is 5.14. The lowest BCUT2D eigenvalue weighted by molar-refractivity contribution is 0.0923. The molecule has 0 atom stereocenters. The van der Waals surface area contributed by atoms with E-state index in [1.807, 2.05) is 0 Å². The minimum atomic E-state index is 0.276. The van der Waals surface area contributed by atoms with E-state index in [1.54, 1.807) is 0 Å². The van der Waals surface area contributed by atoms with Crippen LogP contribution in [0.25, 0.3) is 0 Å². The molecule has 1 saturated heterocycles. The Morgan fingerprint density at radius 3 is 2.47 bits per heavy atom. The van der Waals surface area contributed by atoms with Crippen molar-refractivity contribution < 1.29 is 5.11 Å². The van der Waals surface area contributed by atoms with E-state index >= 15 is 0 Å². The van der Waals surface area contributed by atoms with E-state index in [0.717, 1.165) is 19.6 Å². The first-order valence-electron chi connectivity index (χ1n) is 7.44. The smallest absolute Gasteiger partial charge is 0.0558 e. The summed E-state index contributed by atoms with van der Waals surface area (Å²) in [6.07, 6.45) is 2.45. The molecule has 1 aromatic rings. The van der Waals surface area contributed by atoms with Crippen LogP contribution in [0.2, 0.25) is 0 Å². The Balaban J connectivity index is 1.79. The van der Waals surface area contributed by atoms with Gasteiger partial charge in [-0.25, -0.2) is 0 Å². The van der Waals surface area contributed by atoms with Crippen molar-refractivity contribution in [3.8, 4) is 0 Å². The molecule has 106 valence electrons. The predicted octanol–water partition coefficient (Wildman–Crippen LogP) is 1.97. The van der Waals surface area contributed by atoms with Gasteiger partial charge in [-0.1, -0.05) is 37.3 Å². The Bertz CT molecular complexity index is 347. The van der Waals surface area contributed by atoms with Crippen molar-refractivity contribution in [1.29, 1.82) is 0 Å². The summed E-state index contributed by atoms with van der Waals surface area (Å²) in [4.78, 5) is 4.96. The number of aliphatic hydroxyl groups is 1. The Hall–Kier alpha value is -0.900. The molecule has 2 rings (SSSR count). The molecule has 1 fully saturated rings. The van der Waals surface area contributed by atoms with Gasteiger partial charge in [-0.3, -0.25) is 9.80 Å². The standard InChI is InChI=1S/C16H26N2O/c1-2-18(12-13-19)16-8-10-17(11-9-16)14-15-6-4-3-5-7-15/h3-7,16,19H,2,8-14H2,1H3. The zero-order valence-corrected chi connectivity index (χ0v) is 12.0. The van der Waals surface area contributed by atoms with Crippen LogP contribution in [0.4, 0.5) is 0 Å². The molecule has 1 aromatic carbocycles. The van der Waals surface area contributed by atoms with Crippen molar-refractivity contribution in [3.05, 3.63) is 35.9 Å². The average Bonchev–Trinajstić information content (AvgIpc) is 2.47. The van der Waals surface area contributed by atoms with E-state index in [4.69, 9.17) is 5.11 Å². The normalized spacial score (nSPS) is 18.1. The van der Waals surface area contributed by atoms with Crippen LogP contribution >= 0.6 is 0 Å². The number of hydrogen-bond acceptors (Lipinski definition) is 3. The topological polar surface area (TPSA) is 26.7 Å². The van der Waals surface area contributed by atoms with Crippen molar-refractivity contribution in [2.24, 2.45) is 0 Å². The minimum absolute atomic E-state index is 0.276. The number of likely N-dealkylation sites (tertiary alicyclic amines) is 1. The molecule has 0 spiro atoms. The highest BCUT2D eigenvalue weighted by Crippen LogP contribution is 2.18. The molecular weight excluding hydrogens is 236 g/mol. The van der Waals surface area contributed by atoms with Crippen LogP contribution in [0, 0.1) is 0 Å². The van der Waals surface area contributed by atoms with Crippen LogP contribution in [0.3, 0.4) is 0 Å². The number of nitrogens with zero attached hydrogens (tertiary/aromatic N) is 2. The fraction of sp³-hybridized carbons (Fsp3) is 0.625. The van der Waals surface area contributed by atoms with Gasteiger partial charge >= 0.3 is 0 Å². The first-order chi connectivity index (χ1) is 9.33. The zero-order chi connectivity index (χ0) is 13.5. The van der Waals surface area contributed by atoms with Crippen LogP contribution in [-0.2, 0) is 6.54 Å². The molecule has 3 heteroatoms. The summed E-state index contributed by atoms with van der Waals surface area (Å²) >= 11 is 0. The van der Waals surface area contributed by atoms with Crippen LogP contribution in [0.15, 0.2) is 30.3 Å². The number of rotatable bonds is 6. The molecule has 0 aromatic heterocycles. The first kappa shape index (κ1) is 14.5. The number of likely N-dealkylation sites (N-methyl/N-ethyl adjacent to an activating group) is 1. The SMILES string of the molecule is CCN(CCO)C1CCN(Cc2ccccc2)CC1. The predicted molar refractivity (Wildman–Crippen MR) is 79.1 cm³/mol. The molecule has 0 amide bonds. The van der Waals surface area contributed by atoms with Gasteiger partial charge in [0, 0.05) is 19.1 Å². The second-order valence-corrected chi connectivity index (χ2v) is 5.35. The van der Waals surface area contributed by atoms with Crippen molar-refractivity contribution in [2.45, 2.75) is 32.4 Å².